The number of nitrogens with one attached hydrogen (secondary N) is 1. The van der Waals surface area contributed by atoms with Crippen LogP contribution in [0.25, 0.3) is 5.69 Å². The summed E-state index contributed by atoms with van der Waals surface area (Å²) in [6, 6.07) is 23.3. The molecule has 4 nitrogen and oxygen atoms in total. The molecule has 0 spiro atoms. The maximum Gasteiger partial charge on any atom is 0.323 e. The Morgan fingerprint density at radius 1 is 1.00 bits per heavy atom. The van der Waals surface area contributed by atoms with Crippen LogP contribution < -0.4 is 5.32 Å². The van der Waals surface area contributed by atoms with Crippen LogP contribution in [-0.4, -0.2) is 15.5 Å². The Balaban J connectivity index is 1.60. The van der Waals surface area contributed by atoms with Crippen LogP contribution in [0.2, 0.25) is 5.02 Å². The third kappa shape index (κ3) is 3.33. The van der Waals surface area contributed by atoms with Gasteiger partial charge in [-0.2, -0.15) is 0 Å². The standard InChI is InChI=1S/C23H18ClN3OS/c24-17-9-11-18(12-10-17)25-23(28)27-15-16-5-1-2-6-19(16)26-13-3-7-20(26)22(27)21-8-4-14-29-21/h1-14,22H,15H2,(H,25,28). The summed E-state index contributed by atoms with van der Waals surface area (Å²) in [6.45, 7) is 0.514. The molecule has 0 radical (unpaired) electrons. The number of hydrogen-bond donors (Lipinski definition) is 1. The molecule has 2 aromatic carbocycles. The number of anilines is 1. The SMILES string of the molecule is O=C(Nc1ccc(Cl)cc1)N1Cc2ccccc2-n2cccc2C1c1cccs1. The number of thiophene rings is 1. The normalized spacial score (nSPS) is 15.3. The third-order valence-corrected chi connectivity index (χ3v) is 6.31. The number of benzene rings is 2. The van der Waals surface area contributed by atoms with Crippen LogP contribution in [-0.2, 0) is 6.54 Å². The van der Waals surface area contributed by atoms with Gasteiger partial charge >= 0.3 is 6.03 Å². The molecule has 1 unspecified atom stereocenters. The zero-order valence-corrected chi connectivity index (χ0v) is 17.0. The fourth-order valence-corrected chi connectivity index (χ4v) is 4.79. The number of rotatable bonds is 2. The van der Waals surface area contributed by atoms with Gasteiger partial charge < -0.3 is 14.8 Å². The van der Waals surface area contributed by atoms with Crippen LogP contribution in [0.4, 0.5) is 10.5 Å². The van der Waals surface area contributed by atoms with Gasteiger partial charge in [0.15, 0.2) is 0 Å². The number of aromatic nitrogens is 1. The van der Waals surface area contributed by atoms with Gasteiger partial charge in [0.1, 0.15) is 6.04 Å². The molecule has 1 N–H and O–H groups in total. The van der Waals surface area contributed by atoms with E-state index in [0.29, 0.717) is 11.6 Å². The minimum atomic E-state index is -0.176. The van der Waals surface area contributed by atoms with Crippen LogP contribution in [0.3, 0.4) is 0 Å². The summed E-state index contributed by atoms with van der Waals surface area (Å²) in [5, 5.41) is 5.73. The largest absolute Gasteiger partial charge is 0.323 e. The van der Waals surface area contributed by atoms with E-state index in [-0.39, 0.29) is 12.1 Å². The lowest BCUT2D eigenvalue weighted by molar-refractivity contribution is 0.195. The van der Waals surface area contributed by atoms with Crippen molar-refractivity contribution >= 4 is 34.7 Å². The molecule has 1 aliphatic rings. The van der Waals surface area contributed by atoms with E-state index < -0.39 is 0 Å². The van der Waals surface area contributed by atoms with Crippen LogP contribution in [0, 0.1) is 0 Å². The van der Waals surface area contributed by atoms with E-state index >= 15 is 0 Å². The molecule has 3 heterocycles. The van der Waals surface area contributed by atoms with E-state index in [1.807, 2.05) is 41.3 Å². The molecule has 0 fully saturated rings. The van der Waals surface area contributed by atoms with Gasteiger partial charge in [-0.3, -0.25) is 0 Å². The first-order valence-electron chi connectivity index (χ1n) is 9.33. The number of halogens is 1. The highest BCUT2D eigenvalue weighted by Crippen LogP contribution is 2.38. The highest BCUT2D eigenvalue weighted by atomic mass is 35.5. The zero-order valence-electron chi connectivity index (χ0n) is 15.5. The number of amides is 2. The first-order valence-corrected chi connectivity index (χ1v) is 10.6. The summed E-state index contributed by atoms with van der Waals surface area (Å²) < 4.78 is 2.19. The zero-order chi connectivity index (χ0) is 19.8. The van der Waals surface area contributed by atoms with E-state index in [2.05, 4.69) is 45.7 Å². The van der Waals surface area contributed by atoms with E-state index in [9.17, 15) is 4.79 Å². The molecule has 144 valence electrons. The van der Waals surface area contributed by atoms with Crippen molar-refractivity contribution in [2.24, 2.45) is 0 Å². The number of nitrogens with zero attached hydrogens (tertiary/aromatic N) is 2. The van der Waals surface area contributed by atoms with Gasteiger partial charge in [0, 0.05) is 21.8 Å². The van der Waals surface area contributed by atoms with Gasteiger partial charge in [0.25, 0.3) is 0 Å². The van der Waals surface area contributed by atoms with Crippen LogP contribution in [0.5, 0.6) is 0 Å². The van der Waals surface area contributed by atoms with Crippen molar-refractivity contribution < 1.29 is 4.79 Å². The molecule has 0 aliphatic carbocycles. The fourth-order valence-electron chi connectivity index (χ4n) is 3.81. The summed E-state index contributed by atoms with van der Waals surface area (Å²) in [5.74, 6) is 0. The Morgan fingerprint density at radius 3 is 2.62 bits per heavy atom. The van der Waals surface area contributed by atoms with E-state index in [1.165, 1.54) is 0 Å². The second kappa shape index (κ2) is 7.43. The molecule has 0 saturated carbocycles. The number of para-hydroxylation sites is 1. The molecule has 0 saturated heterocycles. The highest BCUT2D eigenvalue weighted by Gasteiger charge is 2.33. The smallest absolute Gasteiger partial charge is 0.318 e. The minimum Gasteiger partial charge on any atom is -0.318 e. The summed E-state index contributed by atoms with van der Waals surface area (Å²) in [4.78, 5) is 16.5. The fraction of sp³-hybridized carbons (Fsp3) is 0.0870. The van der Waals surface area contributed by atoms with Gasteiger partial charge in [-0.25, -0.2) is 4.79 Å². The van der Waals surface area contributed by atoms with E-state index in [0.717, 1.165) is 27.5 Å². The van der Waals surface area contributed by atoms with Crippen LogP contribution in [0.15, 0.2) is 84.4 Å². The average Bonchev–Trinajstić information content (AvgIpc) is 3.41. The molecule has 1 atom stereocenters. The van der Waals surface area contributed by atoms with Gasteiger partial charge in [0.2, 0.25) is 0 Å². The lowest BCUT2D eigenvalue weighted by Crippen LogP contribution is -2.37. The number of fused-ring (bicyclic) bond motifs is 3. The van der Waals surface area contributed by atoms with E-state index in [1.54, 1.807) is 23.5 Å². The molecule has 2 aromatic heterocycles. The minimum absolute atomic E-state index is 0.143. The van der Waals surface area contributed by atoms with Crippen molar-refractivity contribution in [2.45, 2.75) is 12.6 Å². The predicted octanol–water partition coefficient (Wildman–Crippen LogP) is 6.33. The number of carbonyl (C=O) groups is 1. The van der Waals surface area contributed by atoms with Gasteiger partial charge in [-0.05, 0) is 59.5 Å². The lowest BCUT2D eigenvalue weighted by Gasteiger charge is -2.30. The highest BCUT2D eigenvalue weighted by molar-refractivity contribution is 7.10. The number of hydrogen-bond acceptors (Lipinski definition) is 2. The molecule has 29 heavy (non-hydrogen) atoms. The molecular weight excluding hydrogens is 402 g/mol. The van der Waals surface area contributed by atoms with E-state index in [4.69, 9.17) is 11.6 Å². The predicted molar refractivity (Wildman–Crippen MR) is 118 cm³/mol. The summed E-state index contributed by atoms with van der Waals surface area (Å²) in [6.07, 6.45) is 2.06. The van der Waals surface area contributed by atoms with Crippen molar-refractivity contribution in [1.29, 1.82) is 0 Å². The Bertz CT molecular complexity index is 1150. The Labute approximate surface area is 178 Å². The Kier molecular flexibility index (Phi) is 4.62. The quantitative estimate of drug-likeness (QED) is 0.405. The molecule has 1 aliphatic heterocycles. The molecule has 0 bridgehead atoms. The maximum absolute atomic E-state index is 13.4. The van der Waals surface area contributed by atoms with Gasteiger partial charge in [0.05, 0.1) is 17.9 Å². The second-order valence-corrected chi connectivity index (χ2v) is 8.33. The monoisotopic (exact) mass is 419 g/mol. The summed E-state index contributed by atoms with van der Waals surface area (Å²) in [7, 11) is 0. The number of urea groups is 1. The first-order chi connectivity index (χ1) is 14.2. The maximum atomic E-state index is 13.4. The van der Waals surface area contributed by atoms with Crippen LogP contribution >= 0.6 is 22.9 Å². The van der Waals surface area contributed by atoms with Crippen LogP contribution in [0.1, 0.15) is 22.2 Å². The van der Waals surface area contributed by atoms with Crippen molar-refractivity contribution in [3.8, 4) is 5.69 Å². The van der Waals surface area contributed by atoms with Gasteiger partial charge in [-0.1, -0.05) is 35.9 Å². The first kappa shape index (κ1) is 18.0. The van der Waals surface area contributed by atoms with Gasteiger partial charge in [-0.15, -0.1) is 11.3 Å². The summed E-state index contributed by atoms with van der Waals surface area (Å²) >= 11 is 7.65. The molecule has 6 heteroatoms. The molecule has 5 rings (SSSR count). The Hall–Kier alpha value is -3.02. The summed E-state index contributed by atoms with van der Waals surface area (Å²) in [5.41, 5.74) is 4.01. The molecule has 4 aromatic rings. The average molecular weight is 420 g/mol. The van der Waals surface area contributed by atoms with Crippen molar-refractivity contribution in [3.05, 3.63) is 106 Å². The van der Waals surface area contributed by atoms with Crippen molar-refractivity contribution in [3.63, 3.8) is 0 Å². The third-order valence-electron chi connectivity index (χ3n) is 5.13. The topological polar surface area (TPSA) is 37.3 Å². The van der Waals surface area contributed by atoms with Crippen molar-refractivity contribution in [1.82, 2.24) is 9.47 Å². The Morgan fingerprint density at radius 2 is 1.83 bits per heavy atom. The lowest BCUT2D eigenvalue weighted by atomic mass is 10.1. The number of carbonyl (C=O) groups excluding carboxylic acids is 1. The second-order valence-electron chi connectivity index (χ2n) is 6.91. The van der Waals surface area contributed by atoms with Crippen molar-refractivity contribution in [2.75, 3.05) is 5.32 Å². The molecule has 2 amide bonds. The molecular formula is C23H18ClN3OS.